The molecule has 0 fully saturated rings. The highest BCUT2D eigenvalue weighted by atomic mass is 35.5. The Labute approximate surface area is 261 Å². The van der Waals surface area contributed by atoms with Crippen molar-refractivity contribution in [3.05, 3.63) is 101 Å². The second-order valence-electron chi connectivity index (χ2n) is 8.00. The molecule has 10 nitrogen and oxygen atoms in total. The number of hydrogen-bond donors (Lipinski definition) is 4. The van der Waals surface area contributed by atoms with E-state index in [-0.39, 0.29) is 30.4 Å². The highest BCUT2D eigenvalue weighted by molar-refractivity contribution is 7.19. The Hall–Kier alpha value is -4.07. The molecule has 6 rings (SSSR count). The molecule has 4 aromatic rings. The molecule has 216 valence electrons. The number of anilines is 2. The van der Waals surface area contributed by atoms with E-state index in [1.807, 2.05) is 0 Å². The van der Waals surface area contributed by atoms with Crippen LogP contribution in [0.5, 0.6) is 0 Å². The summed E-state index contributed by atoms with van der Waals surface area (Å²) in [6.07, 6.45) is 0. The SMILES string of the molecule is C.Nc1cccc2c1C(=O)NC2=O.O=C(Cl)c1ccc(Cl)s1.O=C(Nc1cccc2c1C(=O)NC2=O)c1ccc(Cl)s1. The maximum atomic E-state index is 12.0. The van der Waals surface area contributed by atoms with Gasteiger partial charge in [0, 0.05) is 5.69 Å². The first-order valence-electron chi connectivity index (χ1n) is 11.2. The van der Waals surface area contributed by atoms with Gasteiger partial charge >= 0.3 is 0 Å². The van der Waals surface area contributed by atoms with E-state index in [1.54, 1.807) is 54.6 Å². The third-order valence-corrected chi connectivity index (χ3v) is 8.15. The van der Waals surface area contributed by atoms with E-state index >= 15 is 0 Å². The molecule has 0 radical (unpaired) electrons. The number of benzene rings is 2. The summed E-state index contributed by atoms with van der Waals surface area (Å²) in [5.41, 5.74) is 7.27. The van der Waals surface area contributed by atoms with E-state index in [1.165, 1.54) is 17.4 Å². The van der Waals surface area contributed by atoms with E-state index in [4.69, 9.17) is 40.5 Å². The average molecular weight is 666 g/mol. The van der Waals surface area contributed by atoms with Gasteiger partial charge in [-0.3, -0.25) is 39.4 Å². The van der Waals surface area contributed by atoms with Gasteiger partial charge < -0.3 is 11.1 Å². The lowest BCUT2D eigenvalue weighted by molar-refractivity contribution is 0.0863. The van der Waals surface area contributed by atoms with Gasteiger partial charge in [0.2, 0.25) is 0 Å². The molecule has 5 amide bonds. The third-order valence-electron chi connectivity index (χ3n) is 5.37. The summed E-state index contributed by atoms with van der Waals surface area (Å²) in [7, 11) is 0. The number of imide groups is 2. The predicted molar refractivity (Wildman–Crippen MR) is 164 cm³/mol. The minimum Gasteiger partial charge on any atom is -0.398 e. The highest BCUT2D eigenvalue weighted by Gasteiger charge is 2.30. The number of nitrogen functional groups attached to an aromatic ring is 1. The monoisotopic (exact) mass is 664 g/mol. The van der Waals surface area contributed by atoms with Gasteiger partial charge in [-0.1, -0.05) is 42.8 Å². The lowest BCUT2D eigenvalue weighted by Crippen LogP contribution is -2.20. The lowest BCUT2D eigenvalue weighted by atomic mass is 10.1. The van der Waals surface area contributed by atoms with Crippen molar-refractivity contribution in [3.63, 3.8) is 0 Å². The summed E-state index contributed by atoms with van der Waals surface area (Å²) in [4.78, 5) is 68.7. The predicted octanol–water partition coefficient (Wildman–Crippen LogP) is 6.11. The molecule has 2 aromatic carbocycles. The molecule has 0 saturated heterocycles. The second-order valence-corrected chi connectivity index (χ2v) is 11.8. The molecular weight excluding hydrogens is 647 g/mol. The van der Waals surface area contributed by atoms with E-state index in [0.29, 0.717) is 40.9 Å². The van der Waals surface area contributed by atoms with Crippen LogP contribution in [0.1, 0.15) is 68.2 Å². The Bertz CT molecular complexity index is 1750. The fraction of sp³-hybridized carbons (Fsp3) is 0.0370. The lowest BCUT2D eigenvalue weighted by Gasteiger charge is -2.06. The fourth-order valence-corrected chi connectivity index (χ4v) is 5.60. The summed E-state index contributed by atoms with van der Waals surface area (Å²) in [5, 5.41) is 6.53. The summed E-state index contributed by atoms with van der Waals surface area (Å²) in [6, 6.07) is 16.0. The first-order chi connectivity index (χ1) is 19.5. The third kappa shape index (κ3) is 7.22. The van der Waals surface area contributed by atoms with Crippen LogP contribution < -0.4 is 21.7 Å². The Morgan fingerprint density at radius 1 is 0.690 bits per heavy atom. The maximum Gasteiger partial charge on any atom is 0.265 e. The van der Waals surface area contributed by atoms with E-state index < -0.39 is 23.0 Å². The van der Waals surface area contributed by atoms with Crippen LogP contribution in [0.15, 0.2) is 60.7 Å². The molecule has 0 bridgehead atoms. The molecule has 2 aliphatic heterocycles. The number of nitrogens with two attached hydrogens (primary N) is 1. The van der Waals surface area contributed by atoms with Gasteiger partial charge in [-0.05, 0) is 60.1 Å². The highest BCUT2D eigenvalue weighted by Crippen LogP contribution is 2.27. The first-order valence-corrected chi connectivity index (χ1v) is 14.0. The van der Waals surface area contributed by atoms with Gasteiger partial charge in [0.1, 0.15) is 0 Å². The van der Waals surface area contributed by atoms with Crippen LogP contribution in [0.25, 0.3) is 0 Å². The number of hydrogen-bond acceptors (Lipinski definition) is 9. The average Bonchev–Trinajstić information content (AvgIpc) is 3.69. The zero-order valence-corrected chi connectivity index (χ0v) is 24.2. The van der Waals surface area contributed by atoms with Crippen LogP contribution in [0.2, 0.25) is 8.67 Å². The molecule has 2 aliphatic rings. The van der Waals surface area contributed by atoms with Gasteiger partial charge in [-0.2, -0.15) is 0 Å². The molecule has 4 heterocycles. The minimum absolute atomic E-state index is 0. The largest absolute Gasteiger partial charge is 0.398 e. The van der Waals surface area contributed by atoms with Crippen LogP contribution in [-0.4, -0.2) is 34.8 Å². The number of nitrogens with one attached hydrogen (secondary N) is 3. The standard InChI is InChI=1S/C13H7ClN2O3S.C8H6N2O2.C5H2Cl2OS.CH4/c14-9-5-4-8(20-9)12(18)15-7-3-1-2-6-10(7)13(19)16-11(6)17;9-5-3-1-2-4-6(5)8(12)10-7(4)11;6-4-2-1-3(9-4)5(7)8;/h1-5H,(H,15,18)(H,16,17,19);1-3H,9H2,(H,10,11,12);1-2H;1H4. The fourth-order valence-electron chi connectivity index (χ4n) is 3.61. The molecule has 42 heavy (non-hydrogen) atoms. The molecule has 0 saturated carbocycles. The van der Waals surface area contributed by atoms with Gasteiger partial charge in [0.05, 0.1) is 46.4 Å². The van der Waals surface area contributed by atoms with E-state index in [0.717, 1.165) is 11.3 Å². The number of fused-ring (bicyclic) bond motifs is 2. The molecule has 2 aromatic heterocycles. The maximum absolute atomic E-state index is 12.0. The molecule has 0 spiro atoms. The first kappa shape index (κ1) is 32.4. The Morgan fingerprint density at radius 2 is 1.19 bits per heavy atom. The topological polar surface area (TPSA) is 165 Å². The van der Waals surface area contributed by atoms with Crippen molar-refractivity contribution < 1.29 is 28.8 Å². The zero-order chi connectivity index (χ0) is 29.8. The Balaban J connectivity index is 0.000000188. The number of rotatable bonds is 3. The van der Waals surface area contributed by atoms with Crippen molar-refractivity contribution >= 4 is 104 Å². The number of carbonyl (C=O) groups excluding carboxylic acids is 6. The molecule has 15 heteroatoms. The van der Waals surface area contributed by atoms with Crippen molar-refractivity contribution in [1.29, 1.82) is 0 Å². The van der Waals surface area contributed by atoms with Crippen molar-refractivity contribution in [2.24, 2.45) is 0 Å². The zero-order valence-electron chi connectivity index (χ0n) is 20.3. The number of thiophene rings is 2. The van der Waals surface area contributed by atoms with Gasteiger partial charge in [-0.25, -0.2) is 0 Å². The Morgan fingerprint density at radius 3 is 1.67 bits per heavy atom. The van der Waals surface area contributed by atoms with Crippen LogP contribution in [0, 0.1) is 0 Å². The molecule has 0 aliphatic carbocycles. The molecule has 5 N–H and O–H groups in total. The Kier molecular flexibility index (Phi) is 10.6. The normalized spacial score (nSPS) is 12.4. The van der Waals surface area contributed by atoms with Crippen molar-refractivity contribution in [3.8, 4) is 0 Å². The summed E-state index contributed by atoms with van der Waals surface area (Å²) >= 11 is 18.7. The second kappa shape index (κ2) is 13.7. The summed E-state index contributed by atoms with van der Waals surface area (Å²) in [6.45, 7) is 0. The minimum atomic E-state index is -0.509. The van der Waals surface area contributed by atoms with Crippen molar-refractivity contribution in [2.75, 3.05) is 11.1 Å². The van der Waals surface area contributed by atoms with Crippen molar-refractivity contribution in [1.82, 2.24) is 10.6 Å². The van der Waals surface area contributed by atoms with Crippen LogP contribution in [0.3, 0.4) is 0 Å². The summed E-state index contributed by atoms with van der Waals surface area (Å²) in [5.74, 6) is -2.12. The molecular formula is C27H19Cl3N4O6S2. The van der Waals surface area contributed by atoms with Crippen LogP contribution in [0.4, 0.5) is 11.4 Å². The van der Waals surface area contributed by atoms with Gasteiger partial charge in [0.15, 0.2) is 0 Å². The quantitative estimate of drug-likeness (QED) is 0.117. The summed E-state index contributed by atoms with van der Waals surface area (Å²) < 4.78 is 1.08. The van der Waals surface area contributed by atoms with E-state index in [2.05, 4.69) is 16.0 Å². The van der Waals surface area contributed by atoms with Gasteiger partial charge in [-0.15, -0.1) is 22.7 Å². The number of amides is 5. The van der Waals surface area contributed by atoms with Crippen LogP contribution >= 0.6 is 57.5 Å². The smallest absolute Gasteiger partial charge is 0.265 e. The van der Waals surface area contributed by atoms with Crippen molar-refractivity contribution in [2.45, 2.75) is 7.43 Å². The molecule has 0 atom stereocenters. The van der Waals surface area contributed by atoms with Crippen LogP contribution in [-0.2, 0) is 0 Å². The van der Waals surface area contributed by atoms with Gasteiger partial charge in [0.25, 0.3) is 34.8 Å². The number of carbonyl (C=O) groups is 6. The number of halogens is 3. The van der Waals surface area contributed by atoms with E-state index in [9.17, 15) is 28.8 Å². The molecule has 0 unspecified atom stereocenters.